The molecule has 2 aromatic heterocycles. The Kier molecular flexibility index (Phi) is 7.14. The first-order valence-corrected chi connectivity index (χ1v) is 11.7. The Hall–Kier alpha value is -2.98. The van der Waals surface area contributed by atoms with Gasteiger partial charge in [0.15, 0.2) is 5.65 Å². The lowest BCUT2D eigenvalue weighted by Gasteiger charge is -2.35. The zero-order valence-corrected chi connectivity index (χ0v) is 19.9. The third kappa shape index (κ3) is 5.04. The number of hydrogen-bond acceptors (Lipinski definition) is 7. The molecule has 0 bridgehead atoms. The van der Waals surface area contributed by atoms with Gasteiger partial charge in [0, 0.05) is 11.1 Å². The van der Waals surface area contributed by atoms with Crippen LogP contribution in [0.25, 0.3) is 11.0 Å². The summed E-state index contributed by atoms with van der Waals surface area (Å²) < 4.78 is 46.9. The predicted octanol–water partition coefficient (Wildman–Crippen LogP) is 5.10. The van der Waals surface area contributed by atoms with Gasteiger partial charge in [0.1, 0.15) is 17.5 Å². The highest BCUT2D eigenvalue weighted by molar-refractivity contribution is 5.88. The zero-order valence-electron chi connectivity index (χ0n) is 19.9. The Balaban J connectivity index is 1.79. The van der Waals surface area contributed by atoms with Gasteiger partial charge in [-0.15, -0.1) is 0 Å². The lowest BCUT2D eigenvalue weighted by molar-refractivity contribution is -0.0379. The summed E-state index contributed by atoms with van der Waals surface area (Å²) >= 11 is 0. The van der Waals surface area contributed by atoms with Crippen molar-refractivity contribution in [2.75, 3.05) is 11.9 Å². The minimum Gasteiger partial charge on any atom is -0.478 e. The van der Waals surface area contributed by atoms with E-state index in [0.717, 1.165) is 6.07 Å². The van der Waals surface area contributed by atoms with Crippen molar-refractivity contribution in [1.82, 2.24) is 15.0 Å². The standard InChI is InChI=1S/C25H29F3N4O3/c1-4-35-24-19(25(34)10-8-15(33)9-11-25)12-18-22(30-14(3)31-23(18)32-24)29-13(2)16-6-5-7-17(20(16)26)21(27)28/h5-7,12-13,15,21,33-34H,4,8-11H2,1-3H3,(H,29,30,31,32)/t13-,15?,25?/m1/s1. The number of aryl methyl sites for hydroxylation is 1. The molecule has 10 heteroatoms. The molecule has 188 valence electrons. The van der Waals surface area contributed by atoms with E-state index in [4.69, 9.17) is 4.74 Å². The number of rotatable bonds is 7. The Morgan fingerprint density at radius 3 is 2.51 bits per heavy atom. The van der Waals surface area contributed by atoms with E-state index in [-0.39, 0.29) is 11.4 Å². The molecule has 2 heterocycles. The number of ether oxygens (including phenoxy) is 1. The van der Waals surface area contributed by atoms with E-state index < -0.39 is 35.6 Å². The van der Waals surface area contributed by atoms with Gasteiger partial charge < -0.3 is 20.3 Å². The summed E-state index contributed by atoms with van der Waals surface area (Å²) in [5.41, 5.74) is -1.05. The minimum absolute atomic E-state index is 0.0752. The molecule has 1 fully saturated rings. The van der Waals surface area contributed by atoms with Gasteiger partial charge in [-0.1, -0.05) is 18.2 Å². The number of halogens is 3. The van der Waals surface area contributed by atoms with Crippen molar-refractivity contribution in [3.05, 3.63) is 52.6 Å². The van der Waals surface area contributed by atoms with E-state index in [9.17, 15) is 23.4 Å². The topological polar surface area (TPSA) is 100 Å². The van der Waals surface area contributed by atoms with Gasteiger partial charge in [0.2, 0.25) is 5.88 Å². The van der Waals surface area contributed by atoms with Crippen LogP contribution >= 0.6 is 0 Å². The van der Waals surface area contributed by atoms with Crippen molar-refractivity contribution in [2.24, 2.45) is 0 Å². The monoisotopic (exact) mass is 490 g/mol. The van der Waals surface area contributed by atoms with Crippen LogP contribution in [0.4, 0.5) is 19.0 Å². The summed E-state index contributed by atoms with van der Waals surface area (Å²) in [4.78, 5) is 13.4. The van der Waals surface area contributed by atoms with Crippen molar-refractivity contribution < 1.29 is 28.1 Å². The number of nitrogens with one attached hydrogen (secondary N) is 1. The number of anilines is 1. The smallest absolute Gasteiger partial charge is 0.266 e. The molecule has 0 radical (unpaired) electrons. The number of aliphatic hydroxyl groups is 2. The first-order chi connectivity index (χ1) is 16.6. The van der Waals surface area contributed by atoms with Crippen LogP contribution in [0.15, 0.2) is 24.3 Å². The molecule has 0 amide bonds. The number of pyridine rings is 1. The number of aromatic nitrogens is 3. The lowest BCUT2D eigenvalue weighted by atomic mass is 9.78. The Bertz CT molecular complexity index is 1220. The maximum atomic E-state index is 14.8. The van der Waals surface area contributed by atoms with Crippen molar-refractivity contribution in [3.63, 3.8) is 0 Å². The normalized spacial score (nSPS) is 21.3. The van der Waals surface area contributed by atoms with Gasteiger partial charge in [-0.2, -0.15) is 4.98 Å². The molecule has 0 unspecified atom stereocenters. The predicted molar refractivity (Wildman–Crippen MR) is 125 cm³/mol. The summed E-state index contributed by atoms with van der Waals surface area (Å²) in [6.45, 7) is 5.47. The third-order valence-electron chi connectivity index (χ3n) is 6.44. The van der Waals surface area contributed by atoms with Crippen LogP contribution < -0.4 is 10.1 Å². The quantitative estimate of drug-likeness (QED) is 0.423. The molecule has 35 heavy (non-hydrogen) atoms. The minimum atomic E-state index is -2.93. The molecule has 0 spiro atoms. The molecule has 1 aliphatic carbocycles. The van der Waals surface area contributed by atoms with Crippen LogP contribution in [0.2, 0.25) is 0 Å². The summed E-state index contributed by atoms with van der Waals surface area (Å²) in [6, 6.07) is 4.91. The maximum Gasteiger partial charge on any atom is 0.266 e. The van der Waals surface area contributed by atoms with Crippen LogP contribution in [0, 0.1) is 12.7 Å². The number of aliphatic hydroxyl groups excluding tert-OH is 1. The highest BCUT2D eigenvalue weighted by Crippen LogP contribution is 2.42. The summed E-state index contributed by atoms with van der Waals surface area (Å²) in [5.74, 6) is 0.0195. The molecule has 1 saturated carbocycles. The molecule has 1 atom stereocenters. The van der Waals surface area contributed by atoms with Crippen LogP contribution in [0.3, 0.4) is 0 Å². The first kappa shape index (κ1) is 25.1. The molecule has 0 saturated heterocycles. The lowest BCUT2D eigenvalue weighted by Crippen LogP contribution is -2.34. The van der Waals surface area contributed by atoms with Gasteiger partial charge in [0.05, 0.1) is 35.3 Å². The van der Waals surface area contributed by atoms with Gasteiger partial charge in [-0.25, -0.2) is 23.1 Å². The second-order valence-electron chi connectivity index (χ2n) is 8.94. The van der Waals surface area contributed by atoms with Crippen LogP contribution in [0.1, 0.15) is 74.5 Å². The number of fused-ring (bicyclic) bond motifs is 1. The van der Waals surface area contributed by atoms with Gasteiger partial charge in [-0.05, 0) is 52.5 Å². The highest BCUT2D eigenvalue weighted by Gasteiger charge is 2.38. The number of nitrogens with zero attached hydrogens (tertiary/aromatic N) is 3. The summed E-state index contributed by atoms with van der Waals surface area (Å²) in [6.07, 6.45) is -1.86. The van der Waals surface area contributed by atoms with E-state index >= 15 is 0 Å². The number of benzene rings is 1. The van der Waals surface area contributed by atoms with Crippen molar-refractivity contribution in [3.8, 4) is 5.88 Å². The second-order valence-corrected chi connectivity index (χ2v) is 8.94. The van der Waals surface area contributed by atoms with Crippen LogP contribution in [-0.4, -0.2) is 37.9 Å². The van der Waals surface area contributed by atoms with E-state index in [1.165, 1.54) is 12.1 Å². The third-order valence-corrected chi connectivity index (χ3v) is 6.44. The molecule has 3 N–H and O–H groups in total. The van der Waals surface area contributed by atoms with Crippen LogP contribution in [0.5, 0.6) is 5.88 Å². The molecule has 7 nitrogen and oxygen atoms in total. The average molecular weight is 491 g/mol. The fourth-order valence-corrected chi connectivity index (χ4v) is 4.54. The van der Waals surface area contributed by atoms with Gasteiger partial charge in [0.25, 0.3) is 6.43 Å². The van der Waals surface area contributed by atoms with Crippen molar-refractivity contribution in [1.29, 1.82) is 0 Å². The fourth-order valence-electron chi connectivity index (χ4n) is 4.54. The van der Waals surface area contributed by atoms with Crippen LogP contribution in [-0.2, 0) is 5.60 Å². The fraction of sp³-hybridized carbons (Fsp3) is 0.480. The highest BCUT2D eigenvalue weighted by atomic mass is 19.3. The molecular formula is C25H29F3N4O3. The van der Waals surface area contributed by atoms with Crippen molar-refractivity contribution >= 4 is 16.9 Å². The second kappa shape index (κ2) is 9.94. The Morgan fingerprint density at radius 2 is 1.86 bits per heavy atom. The van der Waals surface area contributed by atoms with E-state index in [1.807, 2.05) is 6.92 Å². The van der Waals surface area contributed by atoms with Gasteiger partial charge in [-0.3, -0.25) is 0 Å². The van der Waals surface area contributed by atoms with E-state index in [1.54, 1.807) is 19.9 Å². The molecular weight excluding hydrogens is 461 g/mol. The zero-order chi connectivity index (χ0) is 25.3. The van der Waals surface area contributed by atoms with E-state index in [2.05, 4.69) is 20.3 Å². The molecule has 4 rings (SSSR count). The molecule has 1 aromatic carbocycles. The van der Waals surface area contributed by atoms with Crippen molar-refractivity contribution in [2.45, 2.75) is 70.6 Å². The number of hydrogen-bond donors (Lipinski definition) is 3. The van der Waals surface area contributed by atoms with Gasteiger partial charge >= 0.3 is 0 Å². The van der Waals surface area contributed by atoms with E-state index in [0.29, 0.717) is 60.5 Å². The average Bonchev–Trinajstić information content (AvgIpc) is 2.80. The molecule has 3 aromatic rings. The number of alkyl halides is 2. The Labute approximate surface area is 201 Å². The first-order valence-electron chi connectivity index (χ1n) is 11.7. The molecule has 1 aliphatic rings. The molecule has 0 aliphatic heterocycles. The largest absolute Gasteiger partial charge is 0.478 e. The maximum absolute atomic E-state index is 14.8. The Morgan fingerprint density at radius 1 is 1.17 bits per heavy atom. The summed E-state index contributed by atoms with van der Waals surface area (Å²) in [7, 11) is 0. The summed E-state index contributed by atoms with van der Waals surface area (Å²) in [5, 5.41) is 25.0. The SMILES string of the molecule is CCOc1nc2nc(C)nc(N[C@H](C)c3cccc(C(F)F)c3F)c2cc1C1(O)CCC(O)CC1.